The highest BCUT2D eigenvalue weighted by Gasteiger charge is 2.42. The first kappa shape index (κ1) is 13.8. The second-order valence-corrected chi connectivity index (χ2v) is 4.61. The van der Waals surface area contributed by atoms with E-state index < -0.39 is 30.4 Å². The molecule has 0 unspecified atom stereocenters. The monoisotopic (exact) mass is 275 g/mol. The molecule has 1 aliphatic heterocycles. The zero-order chi connectivity index (χ0) is 14.0. The smallest absolute Gasteiger partial charge is 0.338 e. The van der Waals surface area contributed by atoms with Gasteiger partial charge >= 0.3 is 6.18 Å². The fourth-order valence-electron chi connectivity index (χ4n) is 2.23. The summed E-state index contributed by atoms with van der Waals surface area (Å²) in [6.45, 7) is -0.156. The Labute approximate surface area is 108 Å². The van der Waals surface area contributed by atoms with Crippen LogP contribution >= 0.6 is 0 Å². The molecule has 0 radical (unpaired) electrons. The molecule has 104 valence electrons. The maximum atomic E-state index is 13.5. The summed E-state index contributed by atoms with van der Waals surface area (Å²) in [5, 5.41) is 0. The molecule has 1 aromatic carbocycles. The summed E-state index contributed by atoms with van der Waals surface area (Å²) in [5.74, 6) is -2.90. The Morgan fingerprint density at radius 3 is 2.58 bits per heavy atom. The zero-order valence-electron chi connectivity index (χ0n) is 10.1. The average Bonchev–Trinajstić information content (AvgIpc) is 2.38. The molecule has 1 atom stereocenters. The van der Waals surface area contributed by atoms with Crippen molar-refractivity contribution in [3.05, 3.63) is 35.6 Å². The summed E-state index contributed by atoms with van der Waals surface area (Å²) in [7, 11) is 0. The van der Waals surface area contributed by atoms with Gasteiger partial charge in [0.2, 0.25) is 0 Å². The van der Waals surface area contributed by atoms with Crippen LogP contribution in [0.2, 0.25) is 0 Å². The van der Waals surface area contributed by atoms with Crippen LogP contribution in [0.25, 0.3) is 0 Å². The Morgan fingerprint density at radius 1 is 1.26 bits per heavy atom. The van der Waals surface area contributed by atoms with Crippen LogP contribution < -0.4 is 0 Å². The first-order valence-electron chi connectivity index (χ1n) is 6.00. The molecule has 1 heterocycles. The van der Waals surface area contributed by atoms with Crippen molar-refractivity contribution in [3.8, 4) is 0 Å². The third kappa shape index (κ3) is 3.05. The van der Waals surface area contributed by atoms with Crippen molar-refractivity contribution in [2.45, 2.75) is 19.0 Å². The highest BCUT2D eigenvalue weighted by molar-refractivity contribution is 5.94. The lowest BCUT2D eigenvalue weighted by molar-refractivity contribution is -0.184. The number of alkyl halides is 3. The van der Waals surface area contributed by atoms with Gasteiger partial charge in [-0.25, -0.2) is 4.39 Å². The molecule has 6 heteroatoms. The third-order valence-corrected chi connectivity index (χ3v) is 3.28. The minimum absolute atomic E-state index is 0.0184. The van der Waals surface area contributed by atoms with Crippen LogP contribution in [-0.2, 0) is 0 Å². The number of amides is 1. The summed E-state index contributed by atoms with van der Waals surface area (Å²) in [6, 6.07) is 5.33. The highest BCUT2D eigenvalue weighted by atomic mass is 19.4. The van der Waals surface area contributed by atoms with Gasteiger partial charge in [0.15, 0.2) is 0 Å². The molecule has 2 nitrogen and oxygen atoms in total. The Hall–Kier alpha value is -1.59. The lowest BCUT2D eigenvalue weighted by Gasteiger charge is -2.33. The topological polar surface area (TPSA) is 20.3 Å². The van der Waals surface area contributed by atoms with E-state index in [0.29, 0.717) is 0 Å². The minimum Gasteiger partial charge on any atom is -0.338 e. The van der Waals surface area contributed by atoms with Crippen LogP contribution in [0.5, 0.6) is 0 Å². The standard InChI is InChI=1S/C13H13F4NO/c14-11-6-2-1-5-10(11)12(19)18-7-3-4-9(8-18)13(15,16)17/h1-2,5-6,9H,3-4,7-8H2/t9-/m1/s1. The van der Waals surface area contributed by atoms with Gasteiger partial charge in [0, 0.05) is 13.1 Å². The van der Waals surface area contributed by atoms with Crippen molar-refractivity contribution < 1.29 is 22.4 Å². The van der Waals surface area contributed by atoms with Gasteiger partial charge in [-0.1, -0.05) is 12.1 Å². The molecular formula is C13H13F4NO. The Bertz CT molecular complexity index is 472. The molecule has 0 spiro atoms. The van der Waals surface area contributed by atoms with Crippen molar-refractivity contribution in [1.29, 1.82) is 0 Å². The van der Waals surface area contributed by atoms with E-state index in [1.807, 2.05) is 0 Å². The summed E-state index contributed by atoms with van der Waals surface area (Å²) in [5.41, 5.74) is -0.176. The largest absolute Gasteiger partial charge is 0.393 e. The van der Waals surface area contributed by atoms with Crippen molar-refractivity contribution in [2.75, 3.05) is 13.1 Å². The number of carbonyl (C=O) groups is 1. The molecule has 1 saturated heterocycles. The number of hydrogen-bond acceptors (Lipinski definition) is 1. The summed E-state index contributed by atoms with van der Waals surface area (Å²) >= 11 is 0. The van der Waals surface area contributed by atoms with Gasteiger partial charge in [-0.05, 0) is 25.0 Å². The number of likely N-dealkylation sites (tertiary alicyclic amines) is 1. The van der Waals surface area contributed by atoms with Crippen molar-refractivity contribution >= 4 is 5.91 Å². The van der Waals surface area contributed by atoms with Gasteiger partial charge < -0.3 is 4.90 Å². The molecule has 1 aromatic rings. The van der Waals surface area contributed by atoms with Crippen molar-refractivity contribution in [2.24, 2.45) is 5.92 Å². The van der Waals surface area contributed by atoms with Crippen LogP contribution in [0.3, 0.4) is 0 Å². The van der Waals surface area contributed by atoms with Crippen molar-refractivity contribution in [1.82, 2.24) is 4.90 Å². The molecule has 1 fully saturated rings. The number of piperidine rings is 1. The SMILES string of the molecule is O=C(c1ccccc1F)N1CCC[C@@H](C(F)(F)F)C1. The van der Waals surface area contributed by atoms with Crippen LogP contribution in [-0.4, -0.2) is 30.1 Å². The highest BCUT2D eigenvalue weighted by Crippen LogP contribution is 2.33. The Balaban J connectivity index is 2.14. The normalized spacial score (nSPS) is 20.4. The second-order valence-electron chi connectivity index (χ2n) is 4.61. The number of halogens is 4. The van der Waals surface area contributed by atoms with Crippen LogP contribution in [0.1, 0.15) is 23.2 Å². The molecule has 2 rings (SSSR count). The van der Waals surface area contributed by atoms with E-state index in [1.165, 1.54) is 18.2 Å². The molecule has 0 bridgehead atoms. The van der Waals surface area contributed by atoms with E-state index in [2.05, 4.69) is 0 Å². The minimum atomic E-state index is -4.31. The van der Waals surface area contributed by atoms with E-state index >= 15 is 0 Å². The average molecular weight is 275 g/mol. The molecule has 0 aromatic heterocycles. The molecule has 0 aliphatic carbocycles. The number of benzene rings is 1. The van der Waals surface area contributed by atoms with E-state index in [9.17, 15) is 22.4 Å². The van der Waals surface area contributed by atoms with E-state index in [0.717, 1.165) is 11.0 Å². The van der Waals surface area contributed by atoms with Gasteiger partial charge in [0.25, 0.3) is 5.91 Å². The molecular weight excluding hydrogens is 262 g/mol. The number of nitrogens with zero attached hydrogens (tertiary/aromatic N) is 1. The van der Waals surface area contributed by atoms with Gasteiger partial charge in [0.1, 0.15) is 5.82 Å². The Kier molecular flexibility index (Phi) is 3.78. The fraction of sp³-hybridized carbons (Fsp3) is 0.462. The number of hydrogen-bond donors (Lipinski definition) is 0. The summed E-state index contributed by atoms with van der Waals surface area (Å²) in [4.78, 5) is 13.1. The molecule has 1 amide bonds. The predicted molar refractivity (Wildman–Crippen MR) is 61.1 cm³/mol. The lowest BCUT2D eigenvalue weighted by atomic mass is 9.97. The maximum Gasteiger partial charge on any atom is 0.393 e. The number of carbonyl (C=O) groups excluding carboxylic acids is 1. The van der Waals surface area contributed by atoms with E-state index in [1.54, 1.807) is 0 Å². The molecule has 0 N–H and O–H groups in total. The maximum absolute atomic E-state index is 13.5. The third-order valence-electron chi connectivity index (χ3n) is 3.28. The fourth-order valence-corrected chi connectivity index (χ4v) is 2.23. The zero-order valence-corrected chi connectivity index (χ0v) is 10.1. The second kappa shape index (κ2) is 5.19. The van der Waals surface area contributed by atoms with E-state index in [4.69, 9.17) is 0 Å². The number of rotatable bonds is 1. The van der Waals surface area contributed by atoms with Crippen LogP contribution in [0.15, 0.2) is 24.3 Å². The Morgan fingerprint density at radius 2 is 1.95 bits per heavy atom. The van der Waals surface area contributed by atoms with Crippen LogP contribution in [0, 0.1) is 11.7 Å². The molecule has 0 saturated carbocycles. The first-order valence-corrected chi connectivity index (χ1v) is 6.00. The van der Waals surface area contributed by atoms with Crippen LogP contribution in [0.4, 0.5) is 17.6 Å². The summed E-state index contributed by atoms with van der Waals surface area (Å²) < 4.78 is 51.4. The van der Waals surface area contributed by atoms with Gasteiger partial charge in [-0.3, -0.25) is 4.79 Å². The molecule has 1 aliphatic rings. The van der Waals surface area contributed by atoms with Crippen molar-refractivity contribution in [3.63, 3.8) is 0 Å². The lowest BCUT2D eigenvalue weighted by Crippen LogP contribution is -2.44. The predicted octanol–water partition coefficient (Wildman–Crippen LogP) is 3.24. The summed E-state index contributed by atoms with van der Waals surface area (Å²) in [6.07, 6.45) is -4.01. The van der Waals surface area contributed by atoms with Gasteiger partial charge in [-0.15, -0.1) is 0 Å². The molecule has 19 heavy (non-hydrogen) atoms. The quantitative estimate of drug-likeness (QED) is 0.720. The van der Waals surface area contributed by atoms with Gasteiger partial charge in [0.05, 0.1) is 11.5 Å². The van der Waals surface area contributed by atoms with E-state index in [-0.39, 0.29) is 24.9 Å². The van der Waals surface area contributed by atoms with Gasteiger partial charge in [-0.2, -0.15) is 13.2 Å². The first-order chi connectivity index (χ1) is 8.89.